The molecule has 0 saturated heterocycles. The van der Waals surface area contributed by atoms with Crippen LogP contribution in [-0.2, 0) is 16.1 Å². The molecule has 2 atom stereocenters. The Kier molecular flexibility index (Phi) is 5.34. The number of carbonyl (C=O) groups excluding carboxylic acids is 2. The van der Waals surface area contributed by atoms with E-state index in [2.05, 4.69) is 10.6 Å². The van der Waals surface area contributed by atoms with E-state index in [-0.39, 0.29) is 17.9 Å². The number of rotatable bonds is 4. The van der Waals surface area contributed by atoms with Crippen molar-refractivity contribution in [1.82, 2.24) is 10.6 Å². The van der Waals surface area contributed by atoms with Crippen LogP contribution < -0.4 is 10.6 Å². The van der Waals surface area contributed by atoms with Crippen molar-refractivity contribution < 1.29 is 18.7 Å². The Morgan fingerprint density at radius 3 is 2.70 bits per heavy atom. The number of carbonyl (C=O) groups is 2. The Morgan fingerprint density at radius 2 is 2.09 bits per heavy atom. The van der Waals surface area contributed by atoms with Gasteiger partial charge >= 0.3 is 6.09 Å². The summed E-state index contributed by atoms with van der Waals surface area (Å²) in [5.41, 5.74) is 0.423. The van der Waals surface area contributed by atoms with Crippen LogP contribution in [0.15, 0.2) is 16.7 Å². The summed E-state index contributed by atoms with van der Waals surface area (Å²) in [6.45, 7) is 7.76. The highest BCUT2D eigenvalue weighted by Gasteiger charge is 2.34. The third kappa shape index (κ3) is 5.01. The maximum absolute atomic E-state index is 12.4. The maximum Gasteiger partial charge on any atom is 0.407 e. The van der Waals surface area contributed by atoms with Gasteiger partial charge in [0.15, 0.2) is 0 Å². The Bertz CT molecular complexity index is 559. The number of hydrogen-bond donors (Lipinski definition) is 2. The summed E-state index contributed by atoms with van der Waals surface area (Å²) in [6.07, 6.45) is 3.63. The standard InChI is InChI=1S/C17H26N2O4/c1-11-12(8-9-22-11)10-18-15(20)13-6-5-7-14(13)19-16(21)23-17(2,3)4/h8-9,13-14H,5-7,10H2,1-4H3,(H,18,20)(H,19,21)/t13-,14+/m0/s1. The first kappa shape index (κ1) is 17.4. The van der Waals surface area contributed by atoms with Crippen molar-refractivity contribution in [3.63, 3.8) is 0 Å². The van der Waals surface area contributed by atoms with E-state index in [1.54, 1.807) is 6.26 Å². The average Bonchev–Trinajstić information content (AvgIpc) is 3.03. The summed E-state index contributed by atoms with van der Waals surface area (Å²) in [6, 6.07) is 1.68. The topological polar surface area (TPSA) is 80.6 Å². The van der Waals surface area contributed by atoms with Crippen LogP contribution in [0.5, 0.6) is 0 Å². The molecule has 1 aliphatic carbocycles. The van der Waals surface area contributed by atoms with E-state index >= 15 is 0 Å². The van der Waals surface area contributed by atoms with Gasteiger partial charge in [0.2, 0.25) is 5.91 Å². The van der Waals surface area contributed by atoms with Gasteiger partial charge < -0.3 is 19.8 Å². The lowest BCUT2D eigenvalue weighted by molar-refractivity contribution is -0.125. The van der Waals surface area contributed by atoms with Crippen LogP contribution >= 0.6 is 0 Å². The molecule has 0 spiro atoms. The summed E-state index contributed by atoms with van der Waals surface area (Å²) in [5, 5.41) is 5.76. The molecule has 2 rings (SSSR count). The molecule has 23 heavy (non-hydrogen) atoms. The van der Waals surface area contributed by atoms with Crippen molar-refractivity contribution in [2.75, 3.05) is 0 Å². The van der Waals surface area contributed by atoms with Crippen LogP contribution in [0, 0.1) is 12.8 Å². The van der Waals surface area contributed by atoms with Crippen LogP contribution in [-0.4, -0.2) is 23.6 Å². The van der Waals surface area contributed by atoms with Crippen molar-refractivity contribution in [2.24, 2.45) is 5.92 Å². The van der Waals surface area contributed by atoms with Crippen LogP contribution in [0.3, 0.4) is 0 Å². The minimum absolute atomic E-state index is 0.0378. The minimum atomic E-state index is -0.542. The van der Waals surface area contributed by atoms with Crippen molar-refractivity contribution >= 4 is 12.0 Å². The fourth-order valence-corrected chi connectivity index (χ4v) is 2.81. The molecule has 2 N–H and O–H groups in total. The normalized spacial score (nSPS) is 21.0. The van der Waals surface area contributed by atoms with Gasteiger partial charge in [-0.15, -0.1) is 0 Å². The molecule has 0 aromatic carbocycles. The van der Waals surface area contributed by atoms with Gasteiger partial charge in [-0.2, -0.15) is 0 Å². The Hall–Kier alpha value is -1.98. The smallest absolute Gasteiger partial charge is 0.407 e. The molecular formula is C17H26N2O4. The van der Waals surface area contributed by atoms with Gasteiger partial charge in [-0.25, -0.2) is 4.79 Å². The van der Waals surface area contributed by atoms with Gasteiger partial charge in [0.1, 0.15) is 11.4 Å². The van der Waals surface area contributed by atoms with Gasteiger partial charge in [-0.3, -0.25) is 4.79 Å². The van der Waals surface area contributed by atoms with E-state index in [4.69, 9.17) is 9.15 Å². The van der Waals surface area contributed by atoms with E-state index in [0.717, 1.165) is 30.6 Å². The zero-order valence-corrected chi connectivity index (χ0v) is 14.3. The average molecular weight is 322 g/mol. The summed E-state index contributed by atoms with van der Waals surface area (Å²) < 4.78 is 10.5. The molecule has 0 unspecified atom stereocenters. The molecule has 128 valence electrons. The number of alkyl carbamates (subject to hydrolysis) is 1. The number of nitrogens with one attached hydrogen (secondary N) is 2. The van der Waals surface area contributed by atoms with Gasteiger partial charge in [-0.05, 0) is 46.6 Å². The third-order valence-corrected chi connectivity index (χ3v) is 3.97. The molecule has 0 bridgehead atoms. The Labute approximate surface area is 137 Å². The maximum atomic E-state index is 12.4. The Morgan fingerprint density at radius 1 is 1.35 bits per heavy atom. The lowest BCUT2D eigenvalue weighted by Crippen LogP contribution is -2.45. The van der Waals surface area contributed by atoms with E-state index in [9.17, 15) is 9.59 Å². The largest absolute Gasteiger partial charge is 0.469 e. The molecule has 1 aromatic rings. The molecule has 0 aliphatic heterocycles. The number of amides is 2. The first-order valence-corrected chi connectivity index (χ1v) is 8.06. The molecular weight excluding hydrogens is 296 g/mol. The van der Waals surface area contributed by atoms with Crippen LogP contribution in [0.1, 0.15) is 51.4 Å². The molecule has 1 saturated carbocycles. The highest BCUT2D eigenvalue weighted by Crippen LogP contribution is 2.26. The lowest BCUT2D eigenvalue weighted by atomic mass is 10.0. The van der Waals surface area contributed by atoms with Crippen molar-refractivity contribution in [3.05, 3.63) is 23.7 Å². The predicted octanol–water partition coefficient (Wildman–Crippen LogP) is 2.90. The first-order valence-electron chi connectivity index (χ1n) is 8.06. The van der Waals surface area contributed by atoms with E-state index in [1.165, 1.54) is 0 Å². The second kappa shape index (κ2) is 7.06. The van der Waals surface area contributed by atoms with Crippen LogP contribution in [0.2, 0.25) is 0 Å². The fraction of sp³-hybridized carbons (Fsp3) is 0.647. The SMILES string of the molecule is Cc1occc1CNC(=O)[C@H]1CCC[C@H]1NC(=O)OC(C)(C)C. The molecule has 0 radical (unpaired) electrons. The number of aryl methyl sites for hydroxylation is 1. The third-order valence-electron chi connectivity index (χ3n) is 3.97. The lowest BCUT2D eigenvalue weighted by Gasteiger charge is -2.24. The number of hydrogen-bond acceptors (Lipinski definition) is 4. The Balaban J connectivity index is 1.86. The summed E-state index contributed by atoms with van der Waals surface area (Å²) in [4.78, 5) is 24.3. The van der Waals surface area contributed by atoms with Crippen LogP contribution in [0.25, 0.3) is 0 Å². The van der Waals surface area contributed by atoms with Gasteiger partial charge in [-0.1, -0.05) is 6.42 Å². The summed E-state index contributed by atoms with van der Waals surface area (Å²) >= 11 is 0. The van der Waals surface area contributed by atoms with Crippen LogP contribution in [0.4, 0.5) is 4.79 Å². The zero-order valence-electron chi connectivity index (χ0n) is 14.3. The summed E-state index contributed by atoms with van der Waals surface area (Å²) in [7, 11) is 0. The molecule has 6 nitrogen and oxygen atoms in total. The fourth-order valence-electron chi connectivity index (χ4n) is 2.81. The zero-order chi connectivity index (χ0) is 17.0. The van der Waals surface area contributed by atoms with Crippen molar-refractivity contribution in [2.45, 2.75) is 65.1 Å². The molecule has 6 heteroatoms. The van der Waals surface area contributed by atoms with Gasteiger partial charge in [0.05, 0.1) is 12.2 Å². The molecule has 1 heterocycles. The number of ether oxygens (including phenoxy) is 1. The van der Waals surface area contributed by atoms with Gasteiger partial charge in [0, 0.05) is 18.2 Å². The molecule has 1 aliphatic rings. The second-order valence-corrected chi connectivity index (χ2v) is 7.01. The minimum Gasteiger partial charge on any atom is -0.469 e. The van der Waals surface area contributed by atoms with Gasteiger partial charge in [0.25, 0.3) is 0 Å². The molecule has 1 fully saturated rings. The monoisotopic (exact) mass is 322 g/mol. The number of furan rings is 1. The first-order chi connectivity index (χ1) is 10.8. The van der Waals surface area contributed by atoms with E-state index in [0.29, 0.717) is 6.54 Å². The molecule has 1 aromatic heterocycles. The second-order valence-electron chi connectivity index (χ2n) is 7.01. The van der Waals surface area contributed by atoms with Crippen molar-refractivity contribution in [3.8, 4) is 0 Å². The highest BCUT2D eigenvalue weighted by molar-refractivity contribution is 5.80. The van der Waals surface area contributed by atoms with E-state index < -0.39 is 11.7 Å². The van der Waals surface area contributed by atoms with E-state index in [1.807, 2.05) is 33.8 Å². The predicted molar refractivity (Wildman–Crippen MR) is 85.8 cm³/mol. The highest BCUT2D eigenvalue weighted by atomic mass is 16.6. The quantitative estimate of drug-likeness (QED) is 0.893. The summed E-state index contributed by atoms with van der Waals surface area (Å²) in [5.74, 6) is 0.555. The molecule has 2 amide bonds. The van der Waals surface area contributed by atoms with Crippen molar-refractivity contribution in [1.29, 1.82) is 0 Å².